The van der Waals surface area contributed by atoms with Crippen molar-refractivity contribution in [2.45, 2.75) is 13.5 Å². The molecule has 4 heteroatoms. The minimum Gasteiger partial charge on any atom is -0.364 e. The first-order chi connectivity index (χ1) is 4.74. The number of aromatic nitrogens is 2. The van der Waals surface area contributed by atoms with Crippen LogP contribution in [0.3, 0.4) is 0 Å². The third-order valence-electron chi connectivity index (χ3n) is 1.25. The second-order valence-electron chi connectivity index (χ2n) is 1.95. The molecular weight excluding hydrogens is 130 g/mol. The molecule has 0 aliphatic heterocycles. The highest BCUT2D eigenvalue weighted by Gasteiger charge is 2.01. The van der Waals surface area contributed by atoms with Gasteiger partial charge in [0.15, 0.2) is 0 Å². The van der Waals surface area contributed by atoms with Gasteiger partial charge in [-0.25, -0.2) is 4.98 Å². The van der Waals surface area contributed by atoms with E-state index in [1.54, 1.807) is 17.1 Å². The van der Waals surface area contributed by atoms with Crippen molar-refractivity contribution < 1.29 is 4.79 Å². The van der Waals surface area contributed by atoms with Crippen molar-refractivity contribution in [2.75, 3.05) is 0 Å². The fraction of sp³-hybridized carbons (Fsp3) is 0.333. The standard InChI is InChI=1S/C6H9N3O/c1-2-9-3-5(6(7)10)8-4-9/h3-4H,2H2,1H3,(H2,7,10). The predicted octanol–water partition coefficient (Wildman–Crippen LogP) is 0.00190. The summed E-state index contributed by atoms with van der Waals surface area (Å²) in [6, 6.07) is 0. The van der Waals surface area contributed by atoms with E-state index in [0.29, 0.717) is 5.69 Å². The summed E-state index contributed by atoms with van der Waals surface area (Å²) in [5, 5.41) is 0. The maximum absolute atomic E-state index is 10.5. The van der Waals surface area contributed by atoms with Crippen LogP contribution in [0.1, 0.15) is 17.4 Å². The van der Waals surface area contributed by atoms with Gasteiger partial charge >= 0.3 is 0 Å². The van der Waals surface area contributed by atoms with Gasteiger partial charge in [0, 0.05) is 12.7 Å². The van der Waals surface area contributed by atoms with Gasteiger partial charge in [-0.15, -0.1) is 0 Å². The van der Waals surface area contributed by atoms with E-state index >= 15 is 0 Å². The fourth-order valence-corrected chi connectivity index (χ4v) is 0.660. The van der Waals surface area contributed by atoms with Crippen molar-refractivity contribution in [3.63, 3.8) is 0 Å². The van der Waals surface area contributed by atoms with Crippen LogP contribution in [0.4, 0.5) is 0 Å². The molecule has 0 aliphatic carbocycles. The van der Waals surface area contributed by atoms with Gasteiger partial charge in [0.1, 0.15) is 5.69 Å². The summed E-state index contributed by atoms with van der Waals surface area (Å²) < 4.78 is 1.79. The average Bonchev–Trinajstić information content (AvgIpc) is 2.34. The molecule has 0 fully saturated rings. The normalized spacial score (nSPS) is 9.70. The molecule has 0 bridgehead atoms. The third kappa shape index (κ3) is 1.15. The Kier molecular flexibility index (Phi) is 1.71. The number of nitrogens with zero attached hydrogens (tertiary/aromatic N) is 2. The molecule has 1 rings (SSSR count). The van der Waals surface area contributed by atoms with Gasteiger partial charge in [-0.05, 0) is 6.92 Å². The molecule has 0 aliphatic rings. The molecule has 0 saturated carbocycles. The van der Waals surface area contributed by atoms with Crippen molar-refractivity contribution in [1.82, 2.24) is 9.55 Å². The van der Waals surface area contributed by atoms with E-state index in [0.717, 1.165) is 6.54 Å². The van der Waals surface area contributed by atoms with Crippen LogP contribution in [0.2, 0.25) is 0 Å². The molecule has 0 unspecified atom stereocenters. The van der Waals surface area contributed by atoms with E-state index in [9.17, 15) is 4.79 Å². The number of primary amides is 1. The van der Waals surface area contributed by atoms with Crippen molar-refractivity contribution in [2.24, 2.45) is 5.73 Å². The topological polar surface area (TPSA) is 60.9 Å². The lowest BCUT2D eigenvalue weighted by Crippen LogP contribution is -2.11. The van der Waals surface area contributed by atoms with Crippen LogP contribution in [0.25, 0.3) is 0 Å². The van der Waals surface area contributed by atoms with Gasteiger partial charge in [0.05, 0.1) is 6.33 Å². The summed E-state index contributed by atoms with van der Waals surface area (Å²) >= 11 is 0. The Morgan fingerprint density at radius 1 is 1.90 bits per heavy atom. The quantitative estimate of drug-likeness (QED) is 0.627. The van der Waals surface area contributed by atoms with E-state index in [1.165, 1.54) is 0 Å². The second kappa shape index (κ2) is 2.51. The molecule has 0 radical (unpaired) electrons. The molecule has 1 aromatic heterocycles. The highest BCUT2D eigenvalue weighted by atomic mass is 16.1. The van der Waals surface area contributed by atoms with Crippen LogP contribution in [-0.2, 0) is 6.54 Å². The Hall–Kier alpha value is -1.32. The van der Waals surface area contributed by atoms with Crippen molar-refractivity contribution in [3.8, 4) is 0 Å². The molecule has 54 valence electrons. The van der Waals surface area contributed by atoms with Gasteiger partial charge in [0.25, 0.3) is 5.91 Å². The van der Waals surface area contributed by atoms with E-state index in [-0.39, 0.29) is 0 Å². The molecule has 1 aromatic rings. The lowest BCUT2D eigenvalue weighted by Gasteiger charge is -1.89. The summed E-state index contributed by atoms with van der Waals surface area (Å²) in [4.78, 5) is 14.3. The number of hydrogen-bond donors (Lipinski definition) is 1. The molecule has 1 amide bonds. The van der Waals surface area contributed by atoms with Gasteiger partial charge in [-0.1, -0.05) is 0 Å². The van der Waals surface area contributed by atoms with Gasteiger partial charge < -0.3 is 10.3 Å². The SMILES string of the molecule is CCn1cnc(C(N)=O)c1. The number of imidazole rings is 1. The zero-order valence-electron chi connectivity index (χ0n) is 5.74. The Balaban J connectivity index is 2.88. The molecule has 0 atom stereocenters. The molecule has 2 N–H and O–H groups in total. The van der Waals surface area contributed by atoms with Crippen molar-refractivity contribution in [3.05, 3.63) is 18.2 Å². The number of nitrogens with two attached hydrogens (primary N) is 1. The Morgan fingerprint density at radius 3 is 2.90 bits per heavy atom. The zero-order chi connectivity index (χ0) is 7.56. The lowest BCUT2D eigenvalue weighted by atomic mass is 10.5. The highest BCUT2D eigenvalue weighted by molar-refractivity contribution is 5.90. The fourth-order valence-electron chi connectivity index (χ4n) is 0.660. The average molecular weight is 139 g/mol. The second-order valence-corrected chi connectivity index (χ2v) is 1.95. The predicted molar refractivity (Wildman–Crippen MR) is 36.4 cm³/mol. The summed E-state index contributed by atoms with van der Waals surface area (Å²) in [6.07, 6.45) is 3.21. The molecule has 1 heterocycles. The zero-order valence-corrected chi connectivity index (χ0v) is 5.74. The number of carbonyl (C=O) groups excluding carboxylic acids is 1. The summed E-state index contributed by atoms with van der Waals surface area (Å²) in [5.74, 6) is -0.479. The van der Waals surface area contributed by atoms with Gasteiger partial charge in [-0.3, -0.25) is 4.79 Å². The number of hydrogen-bond acceptors (Lipinski definition) is 2. The maximum atomic E-state index is 10.5. The van der Waals surface area contributed by atoms with Crippen LogP contribution in [0.15, 0.2) is 12.5 Å². The first kappa shape index (κ1) is 6.80. The first-order valence-electron chi connectivity index (χ1n) is 3.05. The maximum Gasteiger partial charge on any atom is 0.268 e. The van der Waals surface area contributed by atoms with Crippen LogP contribution >= 0.6 is 0 Å². The molecule has 4 nitrogen and oxygen atoms in total. The number of aryl methyl sites for hydroxylation is 1. The van der Waals surface area contributed by atoms with Gasteiger partial charge in [-0.2, -0.15) is 0 Å². The number of carbonyl (C=O) groups is 1. The molecule has 0 aromatic carbocycles. The van der Waals surface area contributed by atoms with Crippen LogP contribution in [-0.4, -0.2) is 15.5 Å². The van der Waals surface area contributed by atoms with E-state index in [1.807, 2.05) is 6.92 Å². The summed E-state index contributed by atoms with van der Waals surface area (Å²) in [6.45, 7) is 2.77. The smallest absolute Gasteiger partial charge is 0.268 e. The minimum absolute atomic E-state index is 0.321. The largest absolute Gasteiger partial charge is 0.364 e. The van der Waals surface area contributed by atoms with Crippen molar-refractivity contribution in [1.29, 1.82) is 0 Å². The highest BCUT2D eigenvalue weighted by Crippen LogP contribution is 1.93. The van der Waals surface area contributed by atoms with E-state index in [2.05, 4.69) is 4.98 Å². The third-order valence-corrected chi connectivity index (χ3v) is 1.25. The molecule has 10 heavy (non-hydrogen) atoms. The molecule has 0 saturated heterocycles. The Labute approximate surface area is 58.7 Å². The van der Waals surface area contributed by atoms with Crippen LogP contribution in [0, 0.1) is 0 Å². The summed E-state index contributed by atoms with van der Waals surface area (Å²) in [7, 11) is 0. The van der Waals surface area contributed by atoms with Crippen LogP contribution < -0.4 is 5.73 Å². The molecular formula is C6H9N3O. The van der Waals surface area contributed by atoms with Gasteiger partial charge in [0.2, 0.25) is 0 Å². The van der Waals surface area contributed by atoms with Crippen LogP contribution in [0.5, 0.6) is 0 Å². The van der Waals surface area contributed by atoms with E-state index < -0.39 is 5.91 Å². The Bertz CT molecular complexity index is 241. The van der Waals surface area contributed by atoms with Crippen molar-refractivity contribution >= 4 is 5.91 Å². The minimum atomic E-state index is -0.479. The molecule has 0 spiro atoms. The summed E-state index contributed by atoms with van der Waals surface area (Å²) in [5.41, 5.74) is 5.29. The number of amides is 1. The lowest BCUT2D eigenvalue weighted by molar-refractivity contribution is 0.0996. The Morgan fingerprint density at radius 2 is 2.60 bits per heavy atom. The monoisotopic (exact) mass is 139 g/mol. The number of rotatable bonds is 2. The first-order valence-corrected chi connectivity index (χ1v) is 3.05. The van der Waals surface area contributed by atoms with E-state index in [4.69, 9.17) is 5.73 Å².